The molecular weight excluding hydrogens is 322 g/mol. The van der Waals surface area contributed by atoms with Crippen molar-refractivity contribution in [1.29, 1.82) is 0 Å². The molecule has 0 N–H and O–H groups in total. The maximum atomic E-state index is 6.10. The Balaban J connectivity index is 3.10. The predicted octanol–water partition coefficient (Wildman–Crippen LogP) is 3.11. The third kappa shape index (κ3) is 3.83. The summed E-state index contributed by atoms with van der Waals surface area (Å²) in [5, 5.41) is 0. The zero-order valence-electron chi connectivity index (χ0n) is 11.0. The van der Waals surface area contributed by atoms with Crippen LogP contribution in [0.5, 0.6) is 0 Å². The van der Waals surface area contributed by atoms with E-state index in [4.69, 9.17) is 4.43 Å². The molecule has 1 aromatic carbocycles. The summed E-state index contributed by atoms with van der Waals surface area (Å²) in [7, 11) is -1.49. The zero-order valence-corrected chi connectivity index (χ0v) is 14.6. The number of aryl methyl sites for hydroxylation is 3. The molecule has 1 rings (SSSR count). The Hall–Kier alpha value is 0.0851. The summed E-state index contributed by atoms with van der Waals surface area (Å²) in [6.07, 6.45) is 0. The molecule has 0 amide bonds. The minimum absolute atomic E-state index is 1.13. The maximum absolute atomic E-state index is 6.10. The number of rotatable bonds is 3. The molecule has 0 fully saturated rings. The van der Waals surface area contributed by atoms with Gasteiger partial charge >= 0.3 is 114 Å². The van der Waals surface area contributed by atoms with Crippen LogP contribution in [0.4, 0.5) is 0 Å². The molecule has 87 valence electrons. The van der Waals surface area contributed by atoms with E-state index in [0.717, 1.165) is 3.63 Å². The first-order chi connectivity index (χ1) is 7.20. The van der Waals surface area contributed by atoms with Crippen molar-refractivity contribution in [3.8, 4) is 0 Å². The van der Waals surface area contributed by atoms with Gasteiger partial charge in [0.15, 0.2) is 0 Å². The Labute approximate surface area is 113 Å². The van der Waals surface area contributed by atoms with Crippen molar-refractivity contribution >= 4 is 34.5 Å². The van der Waals surface area contributed by atoms with E-state index < -0.39 is 8.32 Å². The van der Waals surface area contributed by atoms with Gasteiger partial charge in [-0.3, -0.25) is 0 Å². The van der Waals surface area contributed by atoms with Crippen LogP contribution in [-0.2, 0) is 4.43 Å². The third-order valence-corrected chi connectivity index (χ3v) is 4.52. The van der Waals surface area contributed by atoms with Gasteiger partial charge in [-0.25, -0.2) is 0 Å². The molecule has 0 aromatic heterocycles. The molecule has 0 atom stereocenters. The van der Waals surface area contributed by atoms with E-state index in [1.807, 2.05) is 0 Å². The van der Waals surface area contributed by atoms with Gasteiger partial charge < -0.3 is 0 Å². The second kappa shape index (κ2) is 5.16. The van der Waals surface area contributed by atoms with E-state index in [9.17, 15) is 0 Å². The molecular formula is C13H20OSbSi. The molecule has 1 aromatic rings. The molecule has 3 heteroatoms. The number of hydrogen-bond acceptors (Lipinski definition) is 1. The Morgan fingerprint density at radius 3 is 1.88 bits per heavy atom. The molecule has 0 bridgehead atoms. The van der Waals surface area contributed by atoms with Crippen LogP contribution in [0.15, 0.2) is 12.1 Å². The Bertz CT molecular complexity index is 395. The monoisotopic (exact) mass is 341 g/mol. The van der Waals surface area contributed by atoms with Gasteiger partial charge in [0.25, 0.3) is 0 Å². The molecule has 0 unspecified atom stereocenters. The van der Waals surface area contributed by atoms with Crippen LogP contribution < -0.4 is 0 Å². The first-order valence-electron chi connectivity index (χ1n) is 5.54. The van der Waals surface area contributed by atoms with Gasteiger partial charge in [-0.1, -0.05) is 0 Å². The molecule has 0 saturated carbocycles. The molecule has 0 saturated heterocycles. The molecule has 0 spiro atoms. The molecule has 1 nitrogen and oxygen atoms in total. The van der Waals surface area contributed by atoms with Gasteiger partial charge in [0.1, 0.15) is 0 Å². The first-order valence-corrected chi connectivity index (χ1v) is 10.2. The first kappa shape index (κ1) is 14.1. The zero-order chi connectivity index (χ0) is 12.5. The summed E-state index contributed by atoms with van der Waals surface area (Å²) >= 11 is 1.69. The van der Waals surface area contributed by atoms with E-state index in [2.05, 4.69) is 52.5 Å². The van der Waals surface area contributed by atoms with Crippen molar-refractivity contribution < 1.29 is 4.43 Å². The summed E-state index contributed by atoms with van der Waals surface area (Å²) in [4.78, 5) is 0. The fourth-order valence-electron chi connectivity index (χ4n) is 1.86. The van der Waals surface area contributed by atoms with Crippen molar-refractivity contribution in [3.05, 3.63) is 34.4 Å². The normalized spacial score (nSPS) is 11.6. The van der Waals surface area contributed by atoms with E-state index in [0.29, 0.717) is 0 Å². The molecule has 0 aliphatic rings. The third-order valence-electron chi connectivity index (χ3n) is 2.29. The van der Waals surface area contributed by atoms with Gasteiger partial charge in [0, 0.05) is 0 Å². The second-order valence-corrected chi connectivity index (χ2v) is 10.9. The fourth-order valence-corrected chi connectivity index (χ4v) is 5.89. The van der Waals surface area contributed by atoms with E-state index >= 15 is 0 Å². The van der Waals surface area contributed by atoms with Crippen LogP contribution in [-0.4, -0.2) is 34.5 Å². The fraction of sp³-hybridized carbons (Fsp3) is 0.462. The van der Waals surface area contributed by atoms with Gasteiger partial charge in [0.2, 0.25) is 0 Å². The molecule has 16 heavy (non-hydrogen) atoms. The van der Waals surface area contributed by atoms with Crippen LogP contribution in [0.25, 0.3) is 0 Å². The quantitative estimate of drug-likeness (QED) is 0.767. The average Bonchev–Trinajstić information content (AvgIpc) is 1.96. The molecule has 0 heterocycles. The Kier molecular flexibility index (Phi) is 4.56. The van der Waals surface area contributed by atoms with E-state index in [1.165, 1.54) is 22.3 Å². The summed E-state index contributed by atoms with van der Waals surface area (Å²) in [6.45, 7) is 13.2. The average molecular weight is 342 g/mol. The summed E-state index contributed by atoms with van der Waals surface area (Å²) in [6, 6.07) is 4.46. The topological polar surface area (TPSA) is 9.23 Å². The summed E-state index contributed by atoms with van der Waals surface area (Å²) in [5.41, 5.74) is 5.28. The van der Waals surface area contributed by atoms with Crippen molar-refractivity contribution in [2.45, 2.75) is 40.4 Å². The second-order valence-electron chi connectivity index (χ2n) is 5.29. The van der Waals surface area contributed by atoms with Crippen molar-refractivity contribution in [2.75, 3.05) is 0 Å². The van der Waals surface area contributed by atoms with E-state index in [-0.39, 0.29) is 0 Å². The van der Waals surface area contributed by atoms with Gasteiger partial charge in [-0.05, 0) is 0 Å². The van der Waals surface area contributed by atoms with Gasteiger partial charge in [-0.2, -0.15) is 0 Å². The van der Waals surface area contributed by atoms with Gasteiger partial charge in [0.05, 0.1) is 0 Å². The Morgan fingerprint density at radius 2 is 1.50 bits per heavy atom. The summed E-state index contributed by atoms with van der Waals surface area (Å²) < 4.78 is 7.23. The number of benzene rings is 1. The molecule has 1 radical (unpaired) electrons. The Morgan fingerprint density at radius 1 is 1.06 bits per heavy atom. The van der Waals surface area contributed by atoms with E-state index in [1.54, 1.807) is 22.5 Å². The standard InChI is InChI=1S/C13H20OSi.Sb/c1-10-7-11(2)13(12(3)8-10)9-14-15(4,5)6;/h7-8H,1-6H3;. The van der Waals surface area contributed by atoms with Crippen LogP contribution in [0.3, 0.4) is 0 Å². The van der Waals surface area contributed by atoms with Crippen molar-refractivity contribution in [3.63, 3.8) is 0 Å². The van der Waals surface area contributed by atoms with Crippen LogP contribution in [0.1, 0.15) is 22.3 Å². The number of hydrogen-bond donors (Lipinski definition) is 0. The van der Waals surface area contributed by atoms with Crippen LogP contribution in [0, 0.1) is 20.8 Å². The van der Waals surface area contributed by atoms with Gasteiger partial charge in [-0.15, -0.1) is 0 Å². The van der Waals surface area contributed by atoms with Crippen molar-refractivity contribution in [2.24, 2.45) is 0 Å². The predicted molar refractivity (Wildman–Crippen MR) is 74.9 cm³/mol. The summed E-state index contributed by atoms with van der Waals surface area (Å²) in [5.74, 6) is 0. The van der Waals surface area contributed by atoms with Crippen molar-refractivity contribution in [1.82, 2.24) is 0 Å². The SMILES string of the molecule is Cc1cc(C)c([C](=[Sb])O[Si](C)(C)C)c(C)c1. The molecule has 0 aliphatic carbocycles. The van der Waals surface area contributed by atoms with Crippen LogP contribution >= 0.6 is 0 Å². The molecule has 0 aliphatic heterocycles. The van der Waals surface area contributed by atoms with Crippen LogP contribution in [0.2, 0.25) is 19.6 Å². The minimum atomic E-state index is -1.49.